The van der Waals surface area contributed by atoms with E-state index in [-0.39, 0.29) is 16.5 Å². The van der Waals surface area contributed by atoms with Crippen LogP contribution >= 0.6 is 11.6 Å². The van der Waals surface area contributed by atoms with Crippen LogP contribution in [-0.2, 0) is 4.74 Å². The molecule has 2 aromatic rings. The van der Waals surface area contributed by atoms with Crippen molar-refractivity contribution >= 4 is 23.4 Å². The topological polar surface area (TPSA) is 60.2 Å². The first-order valence-electron chi connectivity index (χ1n) is 7.78. The molecular weight excluding hydrogens is 311 g/mol. The van der Waals surface area contributed by atoms with E-state index in [9.17, 15) is 9.18 Å². The Morgan fingerprint density at radius 1 is 1.50 bits per heavy atom. The highest BCUT2D eigenvalue weighted by atomic mass is 35.5. The average molecular weight is 330 g/mol. The van der Waals surface area contributed by atoms with Crippen LogP contribution in [0.15, 0.2) is 24.7 Å². The number of halogens is 2. The maximum atomic E-state index is 13.3. The minimum absolute atomic E-state index is 0.194. The molecule has 22 heavy (non-hydrogen) atoms. The van der Waals surface area contributed by atoms with Crippen molar-refractivity contribution < 1.29 is 18.0 Å². The van der Waals surface area contributed by atoms with Crippen molar-refractivity contribution in [3.8, 4) is 5.69 Å². The van der Waals surface area contributed by atoms with Gasteiger partial charge in [-0.3, -0.25) is 9.88 Å². The number of aromatic nitrogens is 3. The smallest absolute Gasteiger partial charge is 0.414 e. The van der Waals surface area contributed by atoms with E-state index in [4.69, 9.17) is 20.5 Å². The molecule has 2 heterocycles. The second kappa shape index (κ2) is 5.92. The number of nitrogens with zero attached hydrogens (tertiary/aromatic N) is 4. The molecule has 8 heteroatoms. The zero-order chi connectivity index (χ0) is 19.0. The summed E-state index contributed by atoms with van der Waals surface area (Å²) in [5.74, 6) is -0.606. The van der Waals surface area contributed by atoms with Gasteiger partial charge in [-0.05, 0) is 20.8 Å². The highest BCUT2D eigenvalue weighted by Gasteiger charge is 2.23. The number of carbonyl (C=O) groups excluding carboxylic acids is 1. The third-order valence-corrected chi connectivity index (χ3v) is 2.69. The molecule has 6 nitrogen and oxygen atoms in total. The lowest BCUT2D eigenvalue weighted by molar-refractivity contribution is 0.0589. The number of pyridine rings is 1. The van der Waals surface area contributed by atoms with Gasteiger partial charge in [0.2, 0.25) is 0 Å². The molecule has 0 aromatic carbocycles. The Balaban J connectivity index is 2.47. The summed E-state index contributed by atoms with van der Waals surface area (Å²) in [5.41, 5.74) is -0.891. The Bertz CT molecular complexity index is 789. The molecule has 118 valence electrons. The van der Waals surface area contributed by atoms with Crippen molar-refractivity contribution in [1.29, 1.82) is 0 Å². The monoisotopic (exact) mass is 329 g/mol. The summed E-state index contributed by atoms with van der Waals surface area (Å²) in [6, 6.07) is 1.13. The van der Waals surface area contributed by atoms with Crippen LogP contribution in [0.3, 0.4) is 0 Å². The lowest BCUT2D eigenvalue weighted by atomic mass is 10.2. The van der Waals surface area contributed by atoms with Crippen molar-refractivity contribution in [2.75, 3.05) is 11.9 Å². The molecule has 0 saturated carbocycles. The predicted molar refractivity (Wildman–Crippen MR) is 81.0 cm³/mol. The number of ether oxygens (including phenoxy) is 1. The molecule has 0 fully saturated rings. The van der Waals surface area contributed by atoms with Gasteiger partial charge in [0.1, 0.15) is 17.1 Å². The standard InChI is InChI=1S/C14H16ClFN4O2/c1-14(2,3)22-13(21)19(4)11-8-20(18-12(11)15)10-5-9(16)6-17-7-10/h5-8H,1-4H3/i4D3. The third kappa shape index (κ3) is 3.73. The number of rotatable bonds is 2. The van der Waals surface area contributed by atoms with Crippen LogP contribution in [0.4, 0.5) is 14.9 Å². The van der Waals surface area contributed by atoms with E-state index < -0.39 is 24.5 Å². The van der Waals surface area contributed by atoms with Gasteiger partial charge in [-0.2, -0.15) is 5.10 Å². The van der Waals surface area contributed by atoms with Gasteiger partial charge in [-0.25, -0.2) is 13.9 Å². The van der Waals surface area contributed by atoms with E-state index in [1.54, 1.807) is 20.8 Å². The largest absolute Gasteiger partial charge is 0.443 e. The third-order valence-electron chi connectivity index (χ3n) is 2.42. The first kappa shape index (κ1) is 12.4. The normalized spacial score (nSPS) is 14.0. The van der Waals surface area contributed by atoms with Gasteiger partial charge in [0, 0.05) is 17.2 Å². The van der Waals surface area contributed by atoms with Crippen molar-refractivity contribution in [3.63, 3.8) is 0 Å². The molecule has 0 atom stereocenters. The van der Waals surface area contributed by atoms with Gasteiger partial charge >= 0.3 is 6.09 Å². The quantitative estimate of drug-likeness (QED) is 0.847. The summed E-state index contributed by atoms with van der Waals surface area (Å²) in [6.07, 6.45) is 2.40. The summed E-state index contributed by atoms with van der Waals surface area (Å²) in [7, 11) is 0. The van der Waals surface area contributed by atoms with Gasteiger partial charge in [0.15, 0.2) is 5.15 Å². The number of hydrogen-bond acceptors (Lipinski definition) is 4. The molecule has 2 rings (SSSR count). The van der Waals surface area contributed by atoms with Crippen molar-refractivity contribution in [2.45, 2.75) is 26.4 Å². The Hall–Kier alpha value is -2.15. The maximum absolute atomic E-state index is 13.3. The fourth-order valence-electron chi connectivity index (χ4n) is 1.56. The van der Waals surface area contributed by atoms with E-state index in [2.05, 4.69) is 10.1 Å². The van der Waals surface area contributed by atoms with Crippen molar-refractivity contribution in [3.05, 3.63) is 35.6 Å². The minimum atomic E-state index is -2.86. The molecule has 0 unspecified atom stereocenters. The van der Waals surface area contributed by atoms with Crippen LogP contribution in [0.25, 0.3) is 5.69 Å². The summed E-state index contributed by atoms with van der Waals surface area (Å²) >= 11 is 6.01. The van der Waals surface area contributed by atoms with Crippen molar-refractivity contribution in [2.24, 2.45) is 0 Å². The molecule has 0 aliphatic carbocycles. The zero-order valence-corrected chi connectivity index (χ0v) is 12.9. The Morgan fingerprint density at radius 3 is 2.82 bits per heavy atom. The lowest BCUT2D eigenvalue weighted by Gasteiger charge is -2.23. The Kier molecular flexibility index (Phi) is 3.34. The highest BCUT2D eigenvalue weighted by molar-refractivity contribution is 6.32. The van der Waals surface area contributed by atoms with Crippen LogP contribution in [0.5, 0.6) is 0 Å². The number of anilines is 1. The summed E-state index contributed by atoms with van der Waals surface area (Å²) < 4.78 is 42.4. The molecular formula is C14H16ClFN4O2. The van der Waals surface area contributed by atoms with Crippen LogP contribution in [0.2, 0.25) is 5.15 Å². The maximum Gasteiger partial charge on any atom is 0.414 e. The zero-order valence-electron chi connectivity index (χ0n) is 15.2. The van der Waals surface area contributed by atoms with Gasteiger partial charge < -0.3 is 4.74 Å². The molecule has 0 radical (unpaired) electrons. The summed E-state index contributed by atoms with van der Waals surface area (Å²) in [5, 5.41) is 3.65. The lowest BCUT2D eigenvalue weighted by Crippen LogP contribution is -2.34. The highest BCUT2D eigenvalue weighted by Crippen LogP contribution is 2.26. The predicted octanol–water partition coefficient (Wildman–Crippen LogP) is 3.43. The molecule has 0 saturated heterocycles. The van der Waals surface area contributed by atoms with Gasteiger partial charge in [-0.15, -0.1) is 0 Å². The average Bonchev–Trinajstić information content (AvgIpc) is 2.77. The molecule has 0 bridgehead atoms. The van der Waals surface area contributed by atoms with Crippen molar-refractivity contribution in [1.82, 2.24) is 14.8 Å². The molecule has 0 aliphatic rings. The van der Waals surface area contributed by atoms with E-state index in [1.807, 2.05) is 0 Å². The fourth-order valence-corrected chi connectivity index (χ4v) is 1.77. The van der Waals surface area contributed by atoms with E-state index in [1.165, 1.54) is 12.4 Å². The second-order valence-electron chi connectivity index (χ2n) is 5.43. The second-order valence-corrected chi connectivity index (χ2v) is 5.78. The van der Waals surface area contributed by atoms with E-state index in [0.717, 1.165) is 16.9 Å². The fraction of sp³-hybridized carbons (Fsp3) is 0.357. The Labute approximate surface area is 136 Å². The number of carbonyl (C=O) groups is 1. The molecule has 1 amide bonds. The van der Waals surface area contributed by atoms with Gasteiger partial charge in [-0.1, -0.05) is 11.6 Å². The van der Waals surface area contributed by atoms with Crippen LogP contribution in [0.1, 0.15) is 24.9 Å². The molecule has 0 spiro atoms. The number of amides is 1. The summed E-state index contributed by atoms with van der Waals surface area (Å²) in [6.45, 7) is 1.95. The van der Waals surface area contributed by atoms with Gasteiger partial charge in [0.05, 0.1) is 24.3 Å². The van der Waals surface area contributed by atoms with Crippen LogP contribution in [-0.4, -0.2) is 33.4 Å². The van der Waals surface area contributed by atoms with Crippen LogP contribution in [0, 0.1) is 5.82 Å². The van der Waals surface area contributed by atoms with Gasteiger partial charge in [0.25, 0.3) is 0 Å². The summed E-state index contributed by atoms with van der Waals surface area (Å²) in [4.78, 5) is 16.4. The molecule has 0 aliphatic heterocycles. The van der Waals surface area contributed by atoms with E-state index in [0.29, 0.717) is 4.90 Å². The molecule has 2 aromatic heterocycles. The van der Waals surface area contributed by atoms with E-state index >= 15 is 0 Å². The van der Waals surface area contributed by atoms with Crippen LogP contribution < -0.4 is 4.90 Å². The minimum Gasteiger partial charge on any atom is -0.443 e. The SMILES string of the molecule is [2H]C([2H])([2H])N(C(=O)OC(C)(C)C)c1cn(-c2cncc(F)c2)nc1Cl. The Morgan fingerprint density at radius 2 is 2.23 bits per heavy atom. The molecule has 0 N–H and O–H groups in total. The first-order valence-corrected chi connectivity index (χ1v) is 6.65. The number of hydrogen-bond donors (Lipinski definition) is 0. The first-order chi connectivity index (χ1) is 11.4.